The monoisotopic (exact) mass is 844 g/mol. The fourth-order valence-electron chi connectivity index (χ4n) is 6.95. The topological polar surface area (TPSA) is 111 Å². The van der Waals surface area contributed by atoms with Crippen LogP contribution in [0.15, 0.2) is 12.2 Å². The quantitative estimate of drug-likeness (QED) is 0.0196. The summed E-state index contributed by atoms with van der Waals surface area (Å²) < 4.78 is 34.0. The van der Waals surface area contributed by atoms with Crippen molar-refractivity contribution in [3.63, 3.8) is 0 Å². The van der Waals surface area contributed by atoms with Gasteiger partial charge in [0.1, 0.15) is 19.8 Å². The second kappa shape index (κ2) is 41.1. The maximum Gasteiger partial charge on any atom is 0.306 e. The van der Waals surface area contributed by atoms with E-state index in [9.17, 15) is 19.0 Å². The Kier molecular flexibility index (Phi) is 40.2. The number of carbonyl (C=O) groups excluding carboxylic acids is 2. The Hall–Kier alpha value is -1.25. The van der Waals surface area contributed by atoms with Crippen LogP contribution in [0.4, 0.5) is 0 Å². The van der Waals surface area contributed by atoms with Crippen molar-refractivity contribution in [2.45, 2.75) is 238 Å². The predicted molar refractivity (Wildman–Crippen MR) is 241 cm³/mol. The van der Waals surface area contributed by atoms with E-state index in [1.807, 2.05) is 21.1 Å². The number of rotatable bonds is 45. The van der Waals surface area contributed by atoms with Gasteiger partial charge in [-0.2, -0.15) is 0 Å². The first-order chi connectivity index (χ1) is 28.0. The minimum absolute atomic E-state index is 0.0273. The molecule has 0 aromatic rings. The SMILES string of the molecule is CCCCCCCC/C=C/CCCCCCCCCCCCCC(=O)OC[C@@H](COP(=O)([O-])OCC[N+](C)(C)C)OC(=O)CCCCCCCCCCCCCCC. The molecule has 0 fully saturated rings. The number of quaternary nitrogens is 1. The van der Waals surface area contributed by atoms with Gasteiger partial charge in [0.2, 0.25) is 0 Å². The van der Waals surface area contributed by atoms with Crippen molar-refractivity contribution < 1.29 is 42.1 Å². The molecule has 0 spiro atoms. The first-order valence-electron chi connectivity index (χ1n) is 24.4. The number of phosphoric acid groups is 1. The van der Waals surface area contributed by atoms with Crippen LogP contribution < -0.4 is 4.89 Å². The molecule has 0 radical (unpaired) electrons. The van der Waals surface area contributed by atoms with E-state index in [1.54, 1.807) is 0 Å². The van der Waals surface area contributed by atoms with E-state index >= 15 is 0 Å². The maximum absolute atomic E-state index is 12.7. The van der Waals surface area contributed by atoms with Crippen molar-refractivity contribution in [2.24, 2.45) is 0 Å². The molecule has 0 aliphatic rings. The van der Waals surface area contributed by atoms with Crippen LogP contribution in [0, 0.1) is 0 Å². The lowest BCUT2D eigenvalue weighted by Crippen LogP contribution is -2.37. The fourth-order valence-corrected chi connectivity index (χ4v) is 7.67. The van der Waals surface area contributed by atoms with Gasteiger partial charge in [-0.1, -0.05) is 193 Å². The van der Waals surface area contributed by atoms with E-state index in [1.165, 1.54) is 167 Å². The second-order valence-corrected chi connectivity index (χ2v) is 19.2. The molecule has 2 atom stereocenters. The molecule has 10 heteroatoms. The van der Waals surface area contributed by atoms with Gasteiger partial charge < -0.3 is 27.9 Å². The van der Waals surface area contributed by atoms with Crippen molar-refractivity contribution >= 4 is 19.8 Å². The number of hydrogen-bond acceptors (Lipinski definition) is 8. The van der Waals surface area contributed by atoms with E-state index in [0.717, 1.165) is 32.1 Å². The molecule has 0 saturated heterocycles. The summed E-state index contributed by atoms with van der Waals surface area (Å²) in [5.74, 6) is -0.823. The first kappa shape index (κ1) is 56.8. The molecule has 0 heterocycles. The summed E-state index contributed by atoms with van der Waals surface area (Å²) in [6.45, 7) is 4.26. The van der Waals surface area contributed by atoms with Gasteiger partial charge in [-0.3, -0.25) is 14.2 Å². The molecule has 0 saturated carbocycles. The highest BCUT2D eigenvalue weighted by Gasteiger charge is 2.21. The van der Waals surface area contributed by atoms with Crippen LogP contribution in [0.3, 0.4) is 0 Å². The standard InChI is InChI=1S/C48H94NO8P/c1-6-8-10-12-14-16-18-20-21-22-23-24-25-26-27-29-30-32-34-36-38-40-47(50)54-44-46(45-56-58(52,53)55-43-42-49(3,4)5)57-48(51)41-39-37-35-33-31-28-19-17-15-13-11-9-7-2/h20-21,46H,6-19,22-45H2,1-5H3/b21-20+/t46-/m0/s1. The summed E-state index contributed by atoms with van der Waals surface area (Å²) in [7, 11) is 1.18. The van der Waals surface area contributed by atoms with Crippen molar-refractivity contribution in [3.05, 3.63) is 12.2 Å². The summed E-state index contributed by atoms with van der Waals surface area (Å²) in [6.07, 6.45) is 43.8. The van der Waals surface area contributed by atoms with Crippen LogP contribution in [0.1, 0.15) is 232 Å². The molecule has 0 aromatic heterocycles. The maximum atomic E-state index is 12.7. The third-order valence-electron chi connectivity index (χ3n) is 10.8. The van der Waals surface area contributed by atoms with E-state index < -0.39 is 26.5 Å². The Balaban J connectivity index is 4.20. The zero-order valence-corrected chi connectivity index (χ0v) is 39.7. The number of hydrogen-bond donors (Lipinski definition) is 0. The highest BCUT2D eigenvalue weighted by atomic mass is 31.2. The number of carbonyl (C=O) groups is 2. The van der Waals surface area contributed by atoms with Crippen LogP contribution in [-0.4, -0.2) is 70.0 Å². The average Bonchev–Trinajstić information content (AvgIpc) is 3.17. The van der Waals surface area contributed by atoms with Crippen molar-refractivity contribution in [1.29, 1.82) is 0 Å². The highest BCUT2D eigenvalue weighted by molar-refractivity contribution is 7.45. The van der Waals surface area contributed by atoms with E-state index in [0.29, 0.717) is 17.4 Å². The molecule has 0 rings (SSSR count). The van der Waals surface area contributed by atoms with E-state index in [2.05, 4.69) is 26.0 Å². The molecular weight excluding hydrogens is 750 g/mol. The molecule has 9 nitrogen and oxygen atoms in total. The lowest BCUT2D eigenvalue weighted by molar-refractivity contribution is -0.870. The second-order valence-electron chi connectivity index (χ2n) is 17.8. The predicted octanol–water partition coefficient (Wildman–Crippen LogP) is 13.5. The minimum Gasteiger partial charge on any atom is -0.756 e. The molecule has 0 aliphatic carbocycles. The molecule has 344 valence electrons. The van der Waals surface area contributed by atoms with E-state index in [4.69, 9.17) is 18.5 Å². The van der Waals surface area contributed by atoms with Gasteiger partial charge in [-0.05, 0) is 38.5 Å². The molecule has 0 aliphatic heterocycles. The Morgan fingerprint density at radius 3 is 1.28 bits per heavy atom. The summed E-state index contributed by atoms with van der Waals surface area (Å²) in [6, 6.07) is 0. The summed E-state index contributed by atoms with van der Waals surface area (Å²) in [4.78, 5) is 37.6. The lowest BCUT2D eigenvalue weighted by Gasteiger charge is -2.28. The normalized spacial score (nSPS) is 13.6. The number of unbranched alkanes of at least 4 members (excludes halogenated alkanes) is 29. The molecule has 0 N–H and O–H groups in total. The van der Waals surface area contributed by atoms with Crippen LogP contribution in [0.5, 0.6) is 0 Å². The zero-order valence-electron chi connectivity index (χ0n) is 38.8. The highest BCUT2D eigenvalue weighted by Crippen LogP contribution is 2.38. The number of phosphoric ester groups is 1. The van der Waals surface area contributed by atoms with Crippen LogP contribution in [0.25, 0.3) is 0 Å². The summed E-state index contributed by atoms with van der Waals surface area (Å²) >= 11 is 0. The van der Waals surface area contributed by atoms with Crippen molar-refractivity contribution in [3.8, 4) is 0 Å². The minimum atomic E-state index is -4.62. The van der Waals surface area contributed by atoms with Gasteiger partial charge in [0.25, 0.3) is 7.82 Å². The van der Waals surface area contributed by atoms with Crippen LogP contribution in [-0.2, 0) is 32.7 Å². The number of likely N-dealkylation sites (N-methyl/N-ethyl adjacent to an activating group) is 1. The summed E-state index contributed by atoms with van der Waals surface area (Å²) in [5.41, 5.74) is 0. The van der Waals surface area contributed by atoms with Crippen molar-refractivity contribution in [2.75, 3.05) is 47.5 Å². The Bertz CT molecular complexity index is 1000. The van der Waals surface area contributed by atoms with Gasteiger partial charge in [-0.25, -0.2) is 0 Å². The Labute approximate surface area is 358 Å². The Morgan fingerprint density at radius 2 is 0.879 bits per heavy atom. The largest absolute Gasteiger partial charge is 0.756 e. The van der Waals surface area contributed by atoms with E-state index in [-0.39, 0.29) is 32.0 Å². The van der Waals surface area contributed by atoms with Crippen LogP contribution in [0.2, 0.25) is 0 Å². The molecule has 0 aromatic carbocycles. The third kappa shape index (κ3) is 44.3. The smallest absolute Gasteiger partial charge is 0.306 e. The number of nitrogens with zero attached hydrogens (tertiary/aromatic N) is 1. The van der Waals surface area contributed by atoms with Gasteiger partial charge in [0.15, 0.2) is 6.10 Å². The van der Waals surface area contributed by atoms with Crippen LogP contribution >= 0.6 is 7.82 Å². The molecular formula is C48H94NO8P. The lowest BCUT2D eigenvalue weighted by atomic mass is 10.0. The first-order valence-corrected chi connectivity index (χ1v) is 25.9. The number of allylic oxidation sites excluding steroid dienone is 2. The molecule has 1 unspecified atom stereocenters. The van der Waals surface area contributed by atoms with Gasteiger partial charge in [-0.15, -0.1) is 0 Å². The van der Waals surface area contributed by atoms with Crippen molar-refractivity contribution in [1.82, 2.24) is 0 Å². The number of ether oxygens (including phenoxy) is 2. The summed E-state index contributed by atoms with van der Waals surface area (Å²) in [5, 5.41) is 0. The fraction of sp³-hybridized carbons (Fsp3) is 0.917. The Morgan fingerprint density at radius 1 is 0.517 bits per heavy atom. The third-order valence-corrected chi connectivity index (χ3v) is 11.7. The number of esters is 2. The molecule has 0 bridgehead atoms. The molecule has 0 amide bonds. The zero-order chi connectivity index (χ0) is 42.8. The molecule has 58 heavy (non-hydrogen) atoms. The van der Waals surface area contributed by atoms with Gasteiger partial charge >= 0.3 is 11.9 Å². The average molecular weight is 844 g/mol. The van der Waals surface area contributed by atoms with Gasteiger partial charge in [0.05, 0.1) is 27.7 Å². The van der Waals surface area contributed by atoms with Gasteiger partial charge in [0, 0.05) is 12.8 Å².